The summed E-state index contributed by atoms with van der Waals surface area (Å²) < 4.78 is 0. The van der Waals surface area contributed by atoms with Crippen LogP contribution < -0.4 is 5.32 Å². The number of thioether (sulfide) groups is 1. The summed E-state index contributed by atoms with van der Waals surface area (Å²) in [6.07, 6.45) is 11.0. The van der Waals surface area contributed by atoms with Gasteiger partial charge in [-0.15, -0.1) is 18.2 Å². The first-order valence-electron chi connectivity index (χ1n) is 7.21. The maximum atomic E-state index is 5.24. The van der Waals surface area contributed by atoms with Crippen LogP contribution in [0.2, 0.25) is 0 Å². The van der Waals surface area contributed by atoms with Gasteiger partial charge in [0.1, 0.15) is 0 Å². The summed E-state index contributed by atoms with van der Waals surface area (Å²) in [4.78, 5) is 9.30. The van der Waals surface area contributed by atoms with Gasteiger partial charge in [-0.3, -0.25) is 9.89 Å². The van der Waals surface area contributed by atoms with Gasteiger partial charge >= 0.3 is 0 Å². The quantitative estimate of drug-likeness (QED) is 0.268. The van der Waals surface area contributed by atoms with Crippen LogP contribution in [-0.4, -0.2) is 73.1 Å². The van der Waals surface area contributed by atoms with E-state index in [9.17, 15) is 0 Å². The number of nitrogens with one attached hydrogen (secondary N) is 1. The summed E-state index contributed by atoms with van der Waals surface area (Å²) in [7, 11) is 1.86. The van der Waals surface area contributed by atoms with Crippen molar-refractivity contribution in [1.82, 2.24) is 15.1 Å². The highest BCUT2D eigenvalue weighted by Crippen LogP contribution is 2.17. The molecule has 0 aromatic heterocycles. The van der Waals surface area contributed by atoms with Crippen molar-refractivity contribution in [2.45, 2.75) is 12.5 Å². The normalized spacial score (nSPS) is 23.3. The minimum Gasteiger partial charge on any atom is -0.355 e. The molecule has 1 saturated heterocycles. The molecule has 0 aromatic carbocycles. The molecule has 1 atom stereocenters. The lowest BCUT2D eigenvalue weighted by atomic mass is 10.2. The summed E-state index contributed by atoms with van der Waals surface area (Å²) in [5, 5.41) is 3.43. The highest BCUT2D eigenvalue weighted by atomic mass is 32.2. The van der Waals surface area contributed by atoms with Crippen molar-refractivity contribution < 1.29 is 0 Å². The molecule has 0 aromatic rings. The average Bonchev–Trinajstić information content (AvgIpc) is 3.12. The van der Waals surface area contributed by atoms with E-state index in [1.54, 1.807) is 11.8 Å². The molecular formula is C15H24N4S. The number of rotatable bonds is 5. The maximum Gasteiger partial charge on any atom is 0.193 e. The molecule has 0 radical (unpaired) electrons. The van der Waals surface area contributed by atoms with Gasteiger partial charge in [0.15, 0.2) is 5.96 Å². The van der Waals surface area contributed by atoms with E-state index in [0.717, 1.165) is 50.2 Å². The highest BCUT2D eigenvalue weighted by Gasteiger charge is 2.29. The second kappa shape index (κ2) is 8.23. The molecule has 1 fully saturated rings. The molecule has 0 amide bonds. The monoisotopic (exact) mass is 292 g/mol. The number of hydrogen-bond donors (Lipinski definition) is 1. The number of likely N-dealkylation sites (tertiary alicyclic amines) is 1. The first-order chi connectivity index (χ1) is 9.85. The predicted octanol–water partition coefficient (Wildman–Crippen LogP) is 0.874. The van der Waals surface area contributed by atoms with Crippen LogP contribution in [0.3, 0.4) is 0 Å². The number of nitrogens with zero attached hydrogens (tertiary/aromatic N) is 3. The van der Waals surface area contributed by atoms with Crippen molar-refractivity contribution in [2.75, 3.05) is 51.3 Å². The summed E-state index contributed by atoms with van der Waals surface area (Å²) in [6, 6.07) is 0.666. The molecule has 2 rings (SSSR count). The molecule has 0 spiro atoms. The van der Waals surface area contributed by atoms with E-state index in [2.05, 4.69) is 38.2 Å². The fourth-order valence-corrected chi connectivity index (χ4v) is 3.23. The third-order valence-electron chi connectivity index (χ3n) is 3.75. The topological polar surface area (TPSA) is 30.9 Å². The Balaban J connectivity index is 1.71. The van der Waals surface area contributed by atoms with Crippen LogP contribution >= 0.6 is 11.8 Å². The molecule has 0 saturated carbocycles. The van der Waals surface area contributed by atoms with Gasteiger partial charge in [-0.05, 0) is 6.42 Å². The molecule has 2 aliphatic rings. The van der Waals surface area contributed by atoms with Gasteiger partial charge in [-0.2, -0.15) is 0 Å². The number of hydrogen-bond acceptors (Lipinski definition) is 3. The van der Waals surface area contributed by atoms with Crippen LogP contribution in [0.15, 0.2) is 17.1 Å². The lowest BCUT2D eigenvalue weighted by molar-refractivity contribution is 0.259. The van der Waals surface area contributed by atoms with Crippen molar-refractivity contribution in [3.8, 4) is 12.3 Å². The predicted molar refractivity (Wildman–Crippen MR) is 88.2 cm³/mol. The van der Waals surface area contributed by atoms with Crippen molar-refractivity contribution in [1.29, 1.82) is 0 Å². The van der Waals surface area contributed by atoms with Crippen LogP contribution in [0, 0.1) is 12.3 Å². The SMILES string of the molecule is C#CCSCCNC(=NC)N1CCC(N2CC=CC2)C1. The molecule has 2 heterocycles. The highest BCUT2D eigenvalue weighted by molar-refractivity contribution is 7.99. The Hall–Kier alpha value is -1.12. The largest absolute Gasteiger partial charge is 0.355 e. The van der Waals surface area contributed by atoms with Crippen molar-refractivity contribution in [2.24, 2.45) is 4.99 Å². The van der Waals surface area contributed by atoms with Gasteiger partial charge in [-0.1, -0.05) is 18.1 Å². The molecule has 1 N–H and O–H groups in total. The van der Waals surface area contributed by atoms with E-state index < -0.39 is 0 Å². The minimum absolute atomic E-state index is 0.666. The molecule has 1 unspecified atom stereocenters. The zero-order valence-corrected chi connectivity index (χ0v) is 13.0. The molecule has 20 heavy (non-hydrogen) atoms. The van der Waals surface area contributed by atoms with Gasteiger partial charge in [0.05, 0.1) is 5.75 Å². The third kappa shape index (κ3) is 4.19. The van der Waals surface area contributed by atoms with Crippen molar-refractivity contribution >= 4 is 17.7 Å². The van der Waals surface area contributed by atoms with E-state index in [0.29, 0.717) is 6.04 Å². The first-order valence-corrected chi connectivity index (χ1v) is 8.36. The van der Waals surface area contributed by atoms with Crippen molar-refractivity contribution in [3.05, 3.63) is 12.2 Å². The Morgan fingerprint density at radius 1 is 1.50 bits per heavy atom. The summed E-state index contributed by atoms with van der Waals surface area (Å²) in [5.74, 6) is 5.48. The van der Waals surface area contributed by atoms with E-state index in [1.165, 1.54) is 6.42 Å². The lowest BCUT2D eigenvalue weighted by Gasteiger charge is -2.25. The number of terminal acetylenes is 1. The molecule has 110 valence electrons. The average molecular weight is 292 g/mol. The second-order valence-corrected chi connectivity index (χ2v) is 6.15. The Kier molecular flexibility index (Phi) is 6.28. The molecule has 0 aliphatic carbocycles. The van der Waals surface area contributed by atoms with Gasteiger partial charge < -0.3 is 10.2 Å². The molecule has 0 bridgehead atoms. The number of aliphatic imine (C=N–C) groups is 1. The second-order valence-electron chi connectivity index (χ2n) is 5.04. The van der Waals surface area contributed by atoms with Gasteiger partial charge in [0, 0.05) is 51.6 Å². The van der Waals surface area contributed by atoms with Gasteiger partial charge in [0.25, 0.3) is 0 Å². The van der Waals surface area contributed by atoms with Gasteiger partial charge in [-0.25, -0.2) is 0 Å². The standard InChI is InChI=1S/C15H24N4S/c1-3-11-20-12-7-17-15(16-2)19-10-6-14(13-19)18-8-4-5-9-18/h1,4-5,14H,6-13H2,2H3,(H,16,17). The molecule has 5 heteroatoms. The summed E-state index contributed by atoms with van der Waals surface area (Å²) in [6.45, 7) is 5.31. The Labute approximate surface area is 126 Å². The maximum absolute atomic E-state index is 5.24. The van der Waals surface area contributed by atoms with Crippen LogP contribution in [0.25, 0.3) is 0 Å². The van der Waals surface area contributed by atoms with Gasteiger partial charge in [0.2, 0.25) is 0 Å². The minimum atomic E-state index is 0.666. The Morgan fingerprint density at radius 2 is 2.30 bits per heavy atom. The molecular weight excluding hydrogens is 268 g/mol. The van der Waals surface area contributed by atoms with Crippen molar-refractivity contribution in [3.63, 3.8) is 0 Å². The van der Waals surface area contributed by atoms with E-state index in [4.69, 9.17) is 6.42 Å². The fourth-order valence-electron chi connectivity index (χ4n) is 2.72. The smallest absolute Gasteiger partial charge is 0.193 e. The van der Waals surface area contributed by atoms with E-state index in [-0.39, 0.29) is 0 Å². The lowest BCUT2D eigenvalue weighted by Crippen LogP contribution is -2.43. The van der Waals surface area contributed by atoms with Crippen LogP contribution in [0.4, 0.5) is 0 Å². The Bertz CT molecular complexity index is 391. The third-order valence-corrected chi connectivity index (χ3v) is 4.62. The zero-order chi connectivity index (χ0) is 14.2. The van der Waals surface area contributed by atoms with Crippen LogP contribution in [-0.2, 0) is 0 Å². The van der Waals surface area contributed by atoms with E-state index >= 15 is 0 Å². The molecule has 2 aliphatic heterocycles. The fraction of sp³-hybridized carbons (Fsp3) is 0.667. The number of guanidine groups is 1. The summed E-state index contributed by atoms with van der Waals surface area (Å²) >= 11 is 1.78. The first kappa shape index (κ1) is 15.3. The Morgan fingerprint density at radius 3 is 3.00 bits per heavy atom. The van der Waals surface area contributed by atoms with Crippen LogP contribution in [0.1, 0.15) is 6.42 Å². The molecule has 4 nitrogen and oxygen atoms in total. The van der Waals surface area contributed by atoms with Crippen LogP contribution in [0.5, 0.6) is 0 Å². The summed E-state index contributed by atoms with van der Waals surface area (Å²) in [5.41, 5.74) is 0. The van der Waals surface area contributed by atoms with E-state index in [1.807, 2.05) is 7.05 Å². The zero-order valence-electron chi connectivity index (χ0n) is 12.2.